The predicted molar refractivity (Wildman–Crippen MR) is 49.6 cm³/mol. The van der Waals surface area contributed by atoms with E-state index in [1.807, 2.05) is 0 Å². The summed E-state index contributed by atoms with van der Waals surface area (Å²) in [6.07, 6.45) is -4.90. The van der Waals surface area contributed by atoms with Gasteiger partial charge in [-0.15, -0.1) is 24.8 Å². The number of halogens is 4. The van der Waals surface area contributed by atoms with E-state index in [1.54, 1.807) is 0 Å². The Hall–Kier alpha value is -1.68. The van der Waals surface area contributed by atoms with E-state index in [-0.39, 0.29) is 17.3 Å². The summed E-state index contributed by atoms with van der Waals surface area (Å²) < 4.78 is 39.4. The molecule has 0 fully saturated rings. The number of nitriles is 1. The summed E-state index contributed by atoms with van der Waals surface area (Å²) in [5.74, 6) is -0.839. The second-order valence-corrected chi connectivity index (χ2v) is 2.93. The molecule has 0 aliphatic rings. The summed E-state index contributed by atoms with van der Waals surface area (Å²) in [5, 5.41) is 8.58. The van der Waals surface area contributed by atoms with E-state index in [0.29, 0.717) is 0 Å². The Kier molecular flexibility index (Phi) is 3.44. The van der Waals surface area contributed by atoms with Crippen molar-refractivity contribution < 1.29 is 17.9 Å². The Morgan fingerprint density at radius 3 is 2.62 bits per heavy atom. The van der Waals surface area contributed by atoms with Crippen LogP contribution in [0.3, 0.4) is 0 Å². The van der Waals surface area contributed by atoms with Crippen LogP contribution in [0, 0.1) is 11.3 Å². The van der Waals surface area contributed by atoms with Gasteiger partial charge in [-0.05, 0) is 0 Å². The van der Waals surface area contributed by atoms with Gasteiger partial charge in [-0.1, -0.05) is 0 Å². The lowest BCUT2D eigenvalue weighted by Crippen LogP contribution is -2.18. The largest absolute Gasteiger partial charge is 0.573 e. The molecule has 0 atom stereocenters. The average Bonchev–Trinajstić information content (AvgIpc) is 2.16. The van der Waals surface area contributed by atoms with E-state index in [9.17, 15) is 13.2 Å². The zero-order valence-electron chi connectivity index (χ0n) is 7.68. The molecule has 1 rings (SSSR count). The Morgan fingerprint density at radius 2 is 2.19 bits per heavy atom. The second-order valence-electron chi connectivity index (χ2n) is 2.66. The average molecular weight is 252 g/mol. The molecule has 8 heteroatoms. The molecular weight excluding hydrogens is 247 g/mol. The number of aromatic nitrogens is 1. The maximum Gasteiger partial charge on any atom is 0.573 e. The number of pyridine rings is 1. The lowest BCUT2D eigenvalue weighted by atomic mass is 10.2. The smallest absolute Gasteiger partial charge is 0.403 e. The molecule has 0 unspecified atom stereocenters. The number of hydrogen-bond donors (Lipinski definition) is 1. The number of alkyl halides is 4. The van der Waals surface area contributed by atoms with Gasteiger partial charge in [-0.2, -0.15) is 5.26 Å². The number of hydrogen-bond acceptors (Lipinski definition) is 4. The number of nitrogen functional groups attached to an aromatic ring is 1. The molecule has 1 heterocycles. The lowest BCUT2D eigenvalue weighted by molar-refractivity contribution is -0.274. The summed E-state index contributed by atoms with van der Waals surface area (Å²) in [6.45, 7) is 0. The van der Waals surface area contributed by atoms with E-state index in [4.69, 9.17) is 22.6 Å². The summed E-state index contributed by atoms with van der Waals surface area (Å²) in [4.78, 5) is 3.55. The number of rotatable bonds is 2. The van der Waals surface area contributed by atoms with Crippen LogP contribution in [0.1, 0.15) is 11.4 Å². The highest BCUT2D eigenvalue weighted by atomic mass is 35.5. The van der Waals surface area contributed by atoms with Gasteiger partial charge >= 0.3 is 6.36 Å². The van der Waals surface area contributed by atoms with E-state index >= 15 is 0 Å². The summed E-state index contributed by atoms with van der Waals surface area (Å²) in [7, 11) is 0. The van der Waals surface area contributed by atoms with Crippen molar-refractivity contribution in [3.63, 3.8) is 0 Å². The number of anilines is 1. The first-order valence-corrected chi connectivity index (χ1v) is 4.42. The van der Waals surface area contributed by atoms with Crippen LogP contribution in [0.2, 0.25) is 0 Å². The maximum absolute atomic E-state index is 11.9. The van der Waals surface area contributed by atoms with Crippen LogP contribution >= 0.6 is 11.6 Å². The molecule has 0 aliphatic heterocycles. The van der Waals surface area contributed by atoms with Crippen molar-refractivity contribution >= 4 is 17.3 Å². The molecule has 0 amide bonds. The third-order valence-electron chi connectivity index (χ3n) is 1.56. The molecule has 2 N–H and O–H groups in total. The molecule has 0 aromatic carbocycles. The fourth-order valence-electron chi connectivity index (χ4n) is 0.937. The first-order chi connectivity index (χ1) is 7.37. The molecule has 1 aromatic heterocycles. The number of nitrogens with zero attached hydrogens (tertiary/aromatic N) is 2. The van der Waals surface area contributed by atoms with Crippen molar-refractivity contribution in [1.82, 2.24) is 4.98 Å². The molecule has 86 valence electrons. The highest BCUT2D eigenvalue weighted by Gasteiger charge is 2.32. The van der Waals surface area contributed by atoms with Crippen LogP contribution in [0.5, 0.6) is 5.75 Å². The molecule has 16 heavy (non-hydrogen) atoms. The van der Waals surface area contributed by atoms with Gasteiger partial charge in [0.25, 0.3) is 0 Å². The zero-order chi connectivity index (χ0) is 12.3. The van der Waals surface area contributed by atoms with Crippen molar-refractivity contribution in [3.8, 4) is 11.8 Å². The molecular formula is C8H5ClF3N3O. The van der Waals surface area contributed by atoms with Gasteiger partial charge in [0.1, 0.15) is 6.07 Å². The molecule has 0 radical (unpaired) electrons. The van der Waals surface area contributed by atoms with Gasteiger partial charge < -0.3 is 10.5 Å². The van der Waals surface area contributed by atoms with Gasteiger partial charge in [0.05, 0.1) is 17.3 Å². The quantitative estimate of drug-likeness (QED) is 0.818. The lowest BCUT2D eigenvalue weighted by Gasteiger charge is -2.11. The molecule has 1 aromatic rings. The summed E-state index contributed by atoms with van der Waals surface area (Å²) >= 11 is 5.43. The Bertz CT molecular complexity index is 441. The number of ether oxygens (including phenoxy) is 1. The van der Waals surface area contributed by atoms with Crippen molar-refractivity contribution in [2.45, 2.75) is 12.2 Å². The Morgan fingerprint density at radius 1 is 1.56 bits per heavy atom. The van der Waals surface area contributed by atoms with Crippen LogP contribution in [0.15, 0.2) is 6.07 Å². The third-order valence-corrected chi connectivity index (χ3v) is 1.81. The van der Waals surface area contributed by atoms with Crippen molar-refractivity contribution in [2.75, 3.05) is 5.73 Å². The first-order valence-electron chi connectivity index (χ1n) is 3.88. The zero-order valence-corrected chi connectivity index (χ0v) is 8.43. The van der Waals surface area contributed by atoms with E-state index in [1.165, 1.54) is 6.07 Å². The summed E-state index contributed by atoms with van der Waals surface area (Å²) in [5.41, 5.74) is 4.93. The van der Waals surface area contributed by atoms with Gasteiger partial charge in [0, 0.05) is 6.07 Å². The van der Waals surface area contributed by atoms with Gasteiger partial charge in [-0.3, -0.25) is 0 Å². The Labute approximate surface area is 93.4 Å². The van der Waals surface area contributed by atoms with E-state index < -0.39 is 17.8 Å². The SMILES string of the molecule is N#Cc1nc(CCl)c(N)cc1OC(F)(F)F. The molecule has 0 saturated heterocycles. The van der Waals surface area contributed by atoms with Crippen LogP contribution in [-0.4, -0.2) is 11.3 Å². The second kappa shape index (κ2) is 4.45. The standard InChI is InChI=1S/C8H5ClF3N3O/c9-2-5-4(14)1-7(6(3-13)15-5)16-8(10,11)12/h1H,2,14H2. The van der Waals surface area contributed by atoms with Gasteiger partial charge in [-0.25, -0.2) is 4.98 Å². The highest BCUT2D eigenvalue weighted by Crippen LogP contribution is 2.28. The van der Waals surface area contributed by atoms with Gasteiger partial charge in [0.2, 0.25) is 0 Å². The molecule has 0 bridgehead atoms. The number of nitrogens with two attached hydrogens (primary N) is 1. The monoisotopic (exact) mass is 251 g/mol. The highest BCUT2D eigenvalue weighted by molar-refractivity contribution is 6.17. The van der Waals surface area contributed by atoms with Crippen molar-refractivity contribution in [2.24, 2.45) is 0 Å². The first kappa shape index (κ1) is 12.4. The minimum atomic E-state index is -4.90. The Balaban J connectivity index is 3.20. The van der Waals surface area contributed by atoms with Crippen molar-refractivity contribution in [3.05, 3.63) is 17.5 Å². The van der Waals surface area contributed by atoms with Crippen LogP contribution in [0.25, 0.3) is 0 Å². The third kappa shape index (κ3) is 2.90. The molecule has 0 spiro atoms. The fourth-order valence-corrected chi connectivity index (χ4v) is 1.15. The van der Waals surface area contributed by atoms with Crippen LogP contribution < -0.4 is 10.5 Å². The van der Waals surface area contributed by atoms with Gasteiger partial charge in [0.15, 0.2) is 11.4 Å². The molecule has 0 saturated carbocycles. The maximum atomic E-state index is 11.9. The molecule has 4 nitrogen and oxygen atoms in total. The summed E-state index contributed by atoms with van der Waals surface area (Å²) in [6, 6.07) is 2.34. The van der Waals surface area contributed by atoms with Crippen LogP contribution in [0.4, 0.5) is 18.9 Å². The topological polar surface area (TPSA) is 71.9 Å². The fraction of sp³-hybridized carbons (Fsp3) is 0.250. The molecule has 0 aliphatic carbocycles. The van der Waals surface area contributed by atoms with E-state index in [0.717, 1.165) is 6.07 Å². The minimum absolute atomic E-state index is 0.0618. The normalized spacial score (nSPS) is 10.9. The van der Waals surface area contributed by atoms with Crippen LogP contribution in [-0.2, 0) is 5.88 Å². The predicted octanol–water partition coefficient (Wildman–Crippen LogP) is 2.17. The van der Waals surface area contributed by atoms with Crippen molar-refractivity contribution in [1.29, 1.82) is 5.26 Å². The minimum Gasteiger partial charge on any atom is -0.403 e. The van der Waals surface area contributed by atoms with E-state index in [2.05, 4.69) is 9.72 Å².